The van der Waals surface area contributed by atoms with Gasteiger partial charge in [-0.3, -0.25) is 9.48 Å². The van der Waals surface area contributed by atoms with Gasteiger partial charge in [-0.05, 0) is 36.6 Å². The van der Waals surface area contributed by atoms with E-state index < -0.39 is 23.6 Å². The van der Waals surface area contributed by atoms with Crippen LogP contribution in [0, 0.1) is 11.7 Å². The number of aliphatic carboxylic acids is 1. The summed E-state index contributed by atoms with van der Waals surface area (Å²) in [4.78, 5) is 18.5. The number of aryl methyl sites for hydroxylation is 1. The number of imidazole rings is 1. The lowest BCUT2D eigenvalue weighted by Gasteiger charge is -2.28. The second-order valence-corrected chi connectivity index (χ2v) is 11.1. The Labute approximate surface area is 235 Å². The number of fused-ring (bicyclic) bond motifs is 1. The predicted molar refractivity (Wildman–Crippen MR) is 147 cm³/mol. The summed E-state index contributed by atoms with van der Waals surface area (Å²) in [6.07, 6.45) is 4.51. The lowest BCUT2D eigenvalue weighted by molar-refractivity contribution is -0.143. The number of ether oxygens (including phenoxy) is 1. The van der Waals surface area contributed by atoms with Crippen LogP contribution in [0.25, 0.3) is 11.0 Å². The summed E-state index contributed by atoms with van der Waals surface area (Å²) in [7, 11) is 1.80. The van der Waals surface area contributed by atoms with Crippen molar-refractivity contribution in [1.29, 1.82) is 0 Å². The maximum atomic E-state index is 15.5. The van der Waals surface area contributed by atoms with Crippen LogP contribution in [0.5, 0.6) is 5.75 Å². The number of carbonyl (C=O) groups is 1. The van der Waals surface area contributed by atoms with Crippen LogP contribution in [-0.4, -0.2) is 49.4 Å². The lowest BCUT2D eigenvalue weighted by atomic mass is 9.78. The third-order valence-corrected chi connectivity index (χ3v) is 8.19. The molecule has 2 atom stereocenters. The molecule has 1 N–H and O–H groups in total. The quantitative estimate of drug-likeness (QED) is 0.292. The fourth-order valence-electron chi connectivity index (χ4n) is 6.09. The van der Waals surface area contributed by atoms with Crippen molar-refractivity contribution in [2.24, 2.45) is 13.0 Å². The molecule has 8 nitrogen and oxygen atoms in total. The zero-order chi connectivity index (χ0) is 28.7. The van der Waals surface area contributed by atoms with Crippen LogP contribution in [0.4, 0.5) is 18.9 Å². The minimum atomic E-state index is -2.69. The first-order valence-electron chi connectivity index (χ1n) is 13.9. The standard InChI is InChI=1S/C30H32F3N5O3/c1-36-12-10-20(35-36)17-41-22-14-25(31)27-26(15-22)38(28(34-27)23-4-2-3-5-24(23)29(39)40)16-19-6-8-21(9-7-19)37-13-11-30(32,33)18-37/h6-10,12,14-15,23-24H,2-5,11,13,16-18H2,1H3,(H,39,40). The predicted octanol–water partition coefficient (Wildman–Crippen LogP) is 5.74. The van der Waals surface area contributed by atoms with Crippen LogP contribution in [0.3, 0.4) is 0 Å². The van der Waals surface area contributed by atoms with Crippen molar-refractivity contribution < 1.29 is 27.8 Å². The van der Waals surface area contributed by atoms with Crippen LogP contribution in [-0.2, 0) is 25.0 Å². The molecule has 3 heterocycles. The van der Waals surface area contributed by atoms with E-state index in [9.17, 15) is 18.7 Å². The van der Waals surface area contributed by atoms with E-state index in [4.69, 9.17) is 4.74 Å². The van der Waals surface area contributed by atoms with Gasteiger partial charge in [0.1, 0.15) is 23.7 Å². The number of anilines is 1. The molecule has 2 unspecified atom stereocenters. The summed E-state index contributed by atoms with van der Waals surface area (Å²) in [5.41, 5.74) is 2.95. The number of halogens is 3. The van der Waals surface area contributed by atoms with E-state index in [1.165, 1.54) is 6.07 Å². The number of aromatic nitrogens is 4. The second kappa shape index (κ2) is 10.8. The van der Waals surface area contributed by atoms with Gasteiger partial charge in [0.25, 0.3) is 5.92 Å². The van der Waals surface area contributed by atoms with E-state index in [2.05, 4.69) is 10.1 Å². The summed E-state index contributed by atoms with van der Waals surface area (Å²) in [5.74, 6) is -4.23. The van der Waals surface area contributed by atoms with Crippen LogP contribution in [0.1, 0.15) is 55.1 Å². The van der Waals surface area contributed by atoms with E-state index >= 15 is 4.39 Å². The number of nitrogens with zero attached hydrogens (tertiary/aromatic N) is 5. The Kier molecular flexibility index (Phi) is 7.13. The number of rotatable bonds is 8. The zero-order valence-corrected chi connectivity index (χ0v) is 22.8. The van der Waals surface area contributed by atoms with E-state index in [-0.39, 0.29) is 31.0 Å². The van der Waals surface area contributed by atoms with Crippen molar-refractivity contribution in [3.63, 3.8) is 0 Å². The molecule has 6 rings (SSSR count). The van der Waals surface area contributed by atoms with Crippen molar-refractivity contribution >= 4 is 22.7 Å². The van der Waals surface area contributed by atoms with E-state index in [1.807, 2.05) is 34.9 Å². The molecule has 1 saturated carbocycles. The van der Waals surface area contributed by atoms with Gasteiger partial charge in [0.15, 0.2) is 5.82 Å². The van der Waals surface area contributed by atoms with Crippen molar-refractivity contribution in [2.45, 2.75) is 57.1 Å². The Morgan fingerprint density at radius 2 is 1.93 bits per heavy atom. The highest BCUT2D eigenvalue weighted by Gasteiger charge is 2.38. The lowest BCUT2D eigenvalue weighted by Crippen LogP contribution is -2.27. The van der Waals surface area contributed by atoms with Gasteiger partial charge >= 0.3 is 5.97 Å². The Balaban J connectivity index is 1.36. The number of benzene rings is 2. The smallest absolute Gasteiger partial charge is 0.307 e. The molecule has 4 aromatic rings. The van der Waals surface area contributed by atoms with Crippen LogP contribution >= 0.6 is 0 Å². The Bertz CT molecular complexity index is 1570. The number of carboxylic acids is 1. The molecule has 0 spiro atoms. The largest absolute Gasteiger partial charge is 0.487 e. The number of hydrogen-bond donors (Lipinski definition) is 1. The van der Waals surface area contributed by atoms with Gasteiger partial charge in [-0.15, -0.1) is 0 Å². The van der Waals surface area contributed by atoms with Gasteiger partial charge in [0, 0.05) is 56.5 Å². The first-order valence-corrected chi connectivity index (χ1v) is 13.9. The van der Waals surface area contributed by atoms with E-state index in [0.29, 0.717) is 48.7 Å². The molecule has 0 radical (unpaired) electrons. The highest BCUT2D eigenvalue weighted by atomic mass is 19.3. The first-order chi connectivity index (χ1) is 19.7. The molecular formula is C30H32F3N5O3. The Morgan fingerprint density at radius 3 is 2.61 bits per heavy atom. The maximum Gasteiger partial charge on any atom is 0.307 e. The zero-order valence-electron chi connectivity index (χ0n) is 22.8. The first kappa shape index (κ1) is 27.2. The third-order valence-electron chi connectivity index (χ3n) is 8.19. The number of hydrogen-bond acceptors (Lipinski definition) is 5. The maximum absolute atomic E-state index is 15.5. The molecule has 0 amide bonds. The van der Waals surface area contributed by atoms with Gasteiger partial charge in [-0.25, -0.2) is 18.2 Å². The average Bonchev–Trinajstić information content (AvgIpc) is 3.64. The normalized spacial score (nSPS) is 20.5. The summed E-state index contributed by atoms with van der Waals surface area (Å²) in [5, 5.41) is 14.3. The summed E-state index contributed by atoms with van der Waals surface area (Å²) in [6, 6.07) is 12.2. The highest BCUT2D eigenvalue weighted by molar-refractivity contribution is 5.79. The van der Waals surface area contributed by atoms with Crippen LogP contribution in [0.15, 0.2) is 48.7 Å². The monoisotopic (exact) mass is 567 g/mol. The van der Waals surface area contributed by atoms with Crippen LogP contribution < -0.4 is 9.64 Å². The second-order valence-electron chi connectivity index (χ2n) is 11.1. The van der Waals surface area contributed by atoms with E-state index in [0.717, 1.165) is 24.1 Å². The van der Waals surface area contributed by atoms with Gasteiger partial charge in [0.05, 0.1) is 23.7 Å². The molecule has 0 bridgehead atoms. The van der Waals surface area contributed by atoms with Gasteiger partial charge < -0.3 is 19.3 Å². The fraction of sp³-hybridized carbons (Fsp3) is 0.433. The van der Waals surface area contributed by atoms with Crippen molar-refractivity contribution in [3.05, 3.63) is 71.6 Å². The molecule has 2 aromatic carbocycles. The molecule has 216 valence electrons. The molecule has 11 heteroatoms. The summed E-state index contributed by atoms with van der Waals surface area (Å²) >= 11 is 0. The average molecular weight is 568 g/mol. The Morgan fingerprint density at radius 1 is 1.15 bits per heavy atom. The minimum Gasteiger partial charge on any atom is -0.487 e. The SMILES string of the molecule is Cn1ccc(COc2cc(F)c3nc(C4CCCCC4C(=O)O)n(Cc4ccc(N5CCC(F)(F)C5)cc4)c3c2)n1. The molecule has 1 saturated heterocycles. The van der Waals surface area contributed by atoms with Gasteiger partial charge in [-0.1, -0.05) is 25.0 Å². The van der Waals surface area contributed by atoms with Crippen molar-refractivity contribution in [1.82, 2.24) is 19.3 Å². The number of carboxylic acid groups (broad SMARTS) is 1. The summed E-state index contributed by atoms with van der Waals surface area (Å²) < 4.78 is 52.4. The molecule has 2 aliphatic rings. The molecule has 41 heavy (non-hydrogen) atoms. The molecule has 2 fully saturated rings. The Hall–Kier alpha value is -4.02. The van der Waals surface area contributed by atoms with Gasteiger partial charge in [-0.2, -0.15) is 5.10 Å². The third kappa shape index (κ3) is 5.62. The fourth-order valence-corrected chi connectivity index (χ4v) is 6.09. The van der Waals surface area contributed by atoms with Crippen LogP contribution in [0.2, 0.25) is 0 Å². The molecule has 2 aromatic heterocycles. The molecular weight excluding hydrogens is 535 g/mol. The minimum absolute atomic E-state index is 0.160. The highest BCUT2D eigenvalue weighted by Crippen LogP contribution is 2.40. The number of alkyl halides is 2. The molecule has 1 aliphatic heterocycles. The van der Waals surface area contributed by atoms with E-state index in [1.54, 1.807) is 28.9 Å². The topological polar surface area (TPSA) is 85.4 Å². The van der Waals surface area contributed by atoms with Crippen molar-refractivity contribution in [2.75, 3.05) is 18.0 Å². The van der Waals surface area contributed by atoms with Crippen molar-refractivity contribution in [3.8, 4) is 5.75 Å². The summed E-state index contributed by atoms with van der Waals surface area (Å²) in [6.45, 7) is 0.463. The molecule has 1 aliphatic carbocycles. The van der Waals surface area contributed by atoms with Gasteiger partial charge in [0.2, 0.25) is 0 Å².